The van der Waals surface area contributed by atoms with Crippen LogP contribution in [0.3, 0.4) is 0 Å². The largest absolute Gasteiger partial charge is 0.444 e. The van der Waals surface area contributed by atoms with Crippen LogP contribution in [-0.4, -0.2) is 42.0 Å². The van der Waals surface area contributed by atoms with Gasteiger partial charge in [0.25, 0.3) is 5.91 Å². The second-order valence-electron chi connectivity index (χ2n) is 7.39. The fourth-order valence-electron chi connectivity index (χ4n) is 2.38. The average molecular weight is 418 g/mol. The van der Waals surface area contributed by atoms with Crippen LogP contribution in [0.4, 0.5) is 16.2 Å². The zero-order chi connectivity index (χ0) is 21.6. The molecule has 0 saturated carbocycles. The SMILES string of the molecule is CN(CC(=O)Nc1ccccc1Cl)C(=O)c1ccc(NC(=O)OC(C)(C)C)cc1. The number of benzene rings is 2. The van der Waals surface area contributed by atoms with Crippen molar-refractivity contribution in [2.24, 2.45) is 0 Å². The van der Waals surface area contributed by atoms with E-state index in [2.05, 4.69) is 10.6 Å². The molecule has 0 spiro atoms. The van der Waals surface area contributed by atoms with E-state index in [9.17, 15) is 14.4 Å². The lowest BCUT2D eigenvalue weighted by molar-refractivity contribution is -0.116. The van der Waals surface area contributed by atoms with E-state index in [1.807, 2.05) is 0 Å². The standard InChI is InChI=1S/C21H24ClN3O4/c1-21(2,3)29-20(28)23-15-11-9-14(10-12-15)19(27)25(4)13-18(26)24-17-8-6-5-7-16(17)22/h5-12H,13H2,1-4H3,(H,23,28)(H,24,26). The van der Waals surface area contributed by atoms with Gasteiger partial charge in [-0.05, 0) is 57.2 Å². The number of hydrogen-bond acceptors (Lipinski definition) is 4. The topological polar surface area (TPSA) is 87.7 Å². The Morgan fingerprint density at radius 2 is 1.62 bits per heavy atom. The summed E-state index contributed by atoms with van der Waals surface area (Å²) in [6, 6.07) is 13.2. The van der Waals surface area contributed by atoms with Crippen LogP contribution in [0.1, 0.15) is 31.1 Å². The first-order valence-electron chi connectivity index (χ1n) is 8.95. The number of rotatable bonds is 5. The molecule has 0 fully saturated rings. The zero-order valence-electron chi connectivity index (χ0n) is 16.8. The first-order valence-corrected chi connectivity index (χ1v) is 9.33. The molecule has 7 nitrogen and oxygen atoms in total. The normalized spacial score (nSPS) is 10.8. The second-order valence-corrected chi connectivity index (χ2v) is 7.80. The highest BCUT2D eigenvalue weighted by Crippen LogP contribution is 2.20. The number of ether oxygens (including phenoxy) is 1. The minimum atomic E-state index is -0.604. The smallest absolute Gasteiger partial charge is 0.412 e. The summed E-state index contributed by atoms with van der Waals surface area (Å²) in [6.45, 7) is 5.17. The monoisotopic (exact) mass is 417 g/mol. The highest BCUT2D eigenvalue weighted by atomic mass is 35.5. The molecule has 0 radical (unpaired) electrons. The quantitative estimate of drug-likeness (QED) is 0.754. The second kappa shape index (κ2) is 9.43. The number of carbonyl (C=O) groups is 3. The molecule has 0 aliphatic rings. The van der Waals surface area contributed by atoms with Gasteiger partial charge >= 0.3 is 6.09 Å². The lowest BCUT2D eigenvalue weighted by Crippen LogP contribution is -2.35. The molecule has 3 amide bonds. The maximum atomic E-state index is 12.5. The molecular weight excluding hydrogens is 394 g/mol. The van der Waals surface area contributed by atoms with Gasteiger partial charge in [0, 0.05) is 18.3 Å². The molecule has 2 aromatic rings. The summed E-state index contributed by atoms with van der Waals surface area (Å²) in [4.78, 5) is 37.8. The average Bonchev–Trinajstić information content (AvgIpc) is 2.62. The van der Waals surface area contributed by atoms with Crippen LogP contribution < -0.4 is 10.6 Å². The number of halogens is 1. The lowest BCUT2D eigenvalue weighted by Gasteiger charge is -2.20. The van der Waals surface area contributed by atoms with E-state index in [0.717, 1.165) is 0 Å². The molecule has 0 bridgehead atoms. The molecule has 154 valence electrons. The molecule has 29 heavy (non-hydrogen) atoms. The van der Waals surface area contributed by atoms with Gasteiger partial charge in [-0.3, -0.25) is 14.9 Å². The summed E-state index contributed by atoms with van der Waals surface area (Å²) in [5.41, 5.74) is 0.757. The summed E-state index contributed by atoms with van der Waals surface area (Å²) in [5, 5.41) is 5.69. The van der Waals surface area contributed by atoms with Crippen LogP contribution in [0.15, 0.2) is 48.5 Å². The first-order chi connectivity index (χ1) is 13.5. The fourth-order valence-corrected chi connectivity index (χ4v) is 2.56. The van der Waals surface area contributed by atoms with E-state index in [1.165, 1.54) is 11.9 Å². The third kappa shape index (κ3) is 7.12. The van der Waals surface area contributed by atoms with Crippen LogP contribution in [0.2, 0.25) is 5.02 Å². The zero-order valence-corrected chi connectivity index (χ0v) is 17.5. The number of hydrogen-bond donors (Lipinski definition) is 2. The van der Waals surface area contributed by atoms with Crippen LogP contribution in [0, 0.1) is 0 Å². The molecule has 0 saturated heterocycles. The van der Waals surface area contributed by atoms with Crippen molar-refractivity contribution in [2.75, 3.05) is 24.2 Å². The van der Waals surface area contributed by atoms with Gasteiger partial charge in [-0.15, -0.1) is 0 Å². The summed E-state index contributed by atoms with van der Waals surface area (Å²) < 4.78 is 5.18. The molecule has 0 unspecified atom stereocenters. The van der Waals surface area contributed by atoms with Crippen molar-refractivity contribution < 1.29 is 19.1 Å². The van der Waals surface area contributed by atoms with Gasteiger partial charge in [-0.25, -0.2) is 4.79 Å². The third-order valence-corrected chi connectivity index (χ3v) is 3.98. The number of carbonyl (C=O) groups excluding carboxylic acids is 3. The van der Waals surface area contributed by atoms with Gasteiger partial charge in [0.05, 0.1) is 17.3 Å². The van der Waals surface area contributed by atoms with Gasteiger partial charge < -0.3 is 15.0 Å². The van der Waals surface area contributed by atoms with E-state index in [0.29, 0.717) is 22.0 Å². The third-order valence-electron chi connectivity index (χ3n) is 3.65. The van der Waals surface area contributed by atoms with E-state index in [-0.39, 0.29) is 18.4 Å². The van der Waals surface area contributed by atoms with Crippen molar-refractivity contribution in [3.8, 4) is 0 Å². The number of anilines is 2. The summed E-state index contributed by atoms with van der Waals surface area (Å²) >= 11 is 6.02. The molecule has 8 heteroatoms. The Balaban J connectivity index is 1.93. The number of para-hydroxylation sites is 1. The number of amides is 3. The maximum absolute atomic E-state index is 12.5. The molecule has 2 aromatic carbocycles. The Kier molecular flexibility index (Phi) is 7.23. The highest BCUT2D eigenvalue weighted by Gasteiger charge is 2.18. The minimum absolute atomic E-state index is 0.137. The predicted octanol–water partition coefficient (Wildman–Crippen LogP) is 4.40. The molecule has 0 aromatic heterocycles. The van der Waals surface area contributed by atoms with Crippen molar-refractivity contribution >= 4 is 40.9 Å². The van der Waals surface area contributed by atoms with Gasteiger partial charge in [-0.1, -0.05) is 23.7 Å². The van der Waals surface area contributed by atoms with Crippen molar-refractivity contribution in [3.63, 3.8) is 0 Å². The van der Waals surface area contributed by atoms with Gasteiger partial charge in [0.2, 0.25) is 5.91 Å². The Morgan fingerprint density at radius 1 is 1.00 bits per heavy atom. The molecule has 2 N–H and O–H groups in total. The van der Waals surface area contributed by atoms with Crippen LogP contribution in [-0.2, 0) is 9.53 Å². The maximum Gasteiger partial charge on any atom is 0.412 e. The van der Waals surface area contributed by atoms with Gasteiger partial charge in [0.15, 0.2) is 0 Å². The van der Waals surface area contributed by atoms with Crippen LogP contribution >= 0.6 is 11.6 Å². The Bertz CT molecular complexity index is 892. The summed E-state index contributed by atoms with van der Waals surface area (Å²) in [6.07, 6.45) is -0.579. The number of likely N-dealkylation sites (N-methyl/N-ethyl adjacent to an activating group) is 1. The van der Waals surface area contributed by atoms with E-state index in [1.54, 1.807) is 69.3 Å². The van der Waals surface area contributed by atoms with Crippen LogP contribution in [0.25, 0.3) is 0 Å². The lowest BCUT2D eigenvalue weighted by atomic mass is 10.2. The summed E-state index contributed by atoms with van der Waals surface area (Å²) in [7, 11) is 1.53. The molecule has 0 aliphatic carbocycles. The Morgan fingerprint density at radius 3 is 2.21 bits per heavy atom. The Labute approximate surface area is 175 Å². The molecule has 0 aliphatic heterocycles. The van der Waals surface area contributed by atoms with Crippen molar-refractivity contribution in [1.29, 1.82) is 0 Å². The Hall–Kier alpha value is -3.06. The number of nitrogens with one attached hydrogen (secondary N) is 2. The molecular formula is C21H24ClN3O4. The van der Waals surface area contributed by atoms with E-state index in [4.69, 9.17) is 16.3 Å². The van der Waals surface area contributed by atoms with Crippen LogP contribution in [0.5, 0.6) is 0 Å². The van der Waals surface area contributed by atoms with E-state index >= 15 is 0 Å². The minimum Gasteiger partial charge on any atom is -0.444 e. The van der Waals surface area contributed by atoms with Gasteiger partial charge in [0.1, 0.15) is 5.60 Å². The van der Waals surface area contributed by atoms with Crippen molar-refractivity contribution in [1.82, 2.24) is 4.90 Å². The molecule has 0 atom stereocenters. The van der Waals surface area contributed by atoms with Crippen molar-refractivity contribution in [2.45, 2.75) is 26.4 Å². The molecule has 2 rings (SSSR count). The summed E-state index contributed by atoms with van der Waals surface area (Å²) in [5.74, 6) is -0.694. The van der Waals surface area contributed by atoms with Crippen molar-refractivity contribution in [3.05, 3.63) is 59.1 Å². The predicted molar refractivity (Wildman–Crippen MR) is 113 cm³/mol. The van der Waals surface area contributed by atoms with E-state index < -0.39 is 11.7 Å². The van der Waals surface area contributed by atoms with Gasteiger partial charge in [-0.2, -0.15) is 0 Å². The molecule has 0 heterocycles. The highest BCUT2D eigenvalue weighted by molar-refractivity contribution is 6.33. The fraction of sp³-hybridized carbons (Fsp3) is 0.286. The number of nitrogens with zero attached hydrogens (tertiary/aromatic N) is 1. The first kappa shape index (κ1) is 22.2.